The van der Waals surface area contributed by atoms with Gasteiger partial charge in [-0.15, -0.1) is 0 Å². The van der Waals surface area contributed by atoms with E-state index in [4.69, 9.17) is 4.74 Å². The lowest BCUT2D eigenvalue weighted by Crippen LogP contribution is -2.43. The molecule has 2 aromatic rings. The van der Waals surface area contributed by atoms with Crippen molar-refractivity contribution in [3.63, 3.8) is 0 Å². The summed E-state index contributed by atoms with van der Waals surface area (Å²) in [6.45, 7) is 6.20. The summed E-state index contributed by atoms with van der Waals surface area (Å²) >= 11 is 0. The quantitative estimate of drug-likeness (QED) is 0.734. The van der Waals surface area contributed by atoms with E-state index in [0.717, 1.165) is 36.9 Å². The molecular formula is C23H32N4O3S. The average molecular weight is 445 g/mol. The number of hydrogen-bond acceptors (Lipinski definition) is 6. The van der Waals surface area contributed by atoms with Gasteiger partial charge in [0.2, 0.25) is 10.0 Å². The molecular weight excluding hydrogens is 412 g/mol. The summed E-state index contributed by atoms with van der Waals surface area (Å²) in [4.78, 5) is 7.00. The average Bonchev–Trinajstić information content (AvgIpc) is 2.77. The zero-order valence-electron chi connectivity index (χ0n) is 18.5. The second kappa shape index (κ2) is 9.14. The van der Waals surface area contributed by atoms with Crippen molar-refractivity contribution in [2.45, 2.75) is 50.2 Å². The summed E-state index contributed by atoms with van der Waals surface area (Å²) in [5, 5.41) is 3.46. The number of hydrogen-bond donors (Lipinski definition) is 1. The Morgan fingerprint density at radius 2 is 2.03 bits per heavy atom. The number of piperidine rings is 1. The first kappa shape index (κ1) is 22.0. The maximum atomic E-state index is 13.6. The fraction of sp³-hybridized carbons (Fsp3) is 0.522. The minimum Gasteiger partial charge on any atom is -0.377 e. The monoisotopic (exact) mass is 444 g/mol. The number of aromatic nitrogens is 1. The Kier molecular flexibility index (Phi) is 6.50. The number of para-hydroxylation sites is 1. The molecule has 2 aliphatic rings. The van der Waals surface area contributed by atoms with Crippen LogP contribution in [0.4, 0.5) is 11.5 Å². The highest BCUT2D eigenvalue weighted by molar-refractivity contribution is 7.89. The predicted octanol–water partition coefficient (Wildman–Crippen LogP) is 3.57. The molecule has 0 saturated carbocycles. The van der Waals surface area contributed by atoms with Crippen LogP contribution in [0, 0.1) is 6.92 Å². The van der Waals surface area contributed by atoms with Crippen molar-refractivity contribution < 1.29 is 13.2 Å². The molecule has 3 heterocycles. The van der Waals surface area contributed by atoms with Crippen molar-refractivity contribution in [2.24, 2.45) is 0 Å². The van der Waals surface area contributed by atoms with E-state index in [1.165, 1.54) is 5.69 Å². The first-order chi connectivity index (χ1) is 14.9. The maximum Gasteiger partial charge on any atom is 0.246 e. The number of nitrogens with one attached hydrogen (secondary N) is 1. The zero-order valence-corrected chi connectivity index (χ0v) is 19.4. The zero-order chi connectivity index (χ0) is 22.0. The molecule has 2 atom stereocenters. The van der Waals surface area contributed by atoms with Crippen LogP contribution in [0.2, 0.25) is 0 Å². The van der Waals surface area contributed by atoms with Crippen LogP contribution in [0.25, 0.3) is 0 Å². The van der Waals surface area contributed by atoms with Gasteiger partial charge < -0.3 is 15.0 Å². The fourth-order valence-corrected chi connectivity index (χ4v) is 6.23. The summed E-state index contributed by atoms with van der Waals surface area (Å²) in [6.07, 6.45) is 4.24. The Balaban J connectivity index is 1.65. The first-order valence-corrected chi connectivity index (χ1v) is 12.5. The standard InChI is InChI=1S/C23H32N4O3S/c1-4-30-18-8-7-12-27(16-18)31(28,29)22-14-17(2)15-24-23(22)25-20-11-13-26(3)21-10-6-5-9-19(20)21/h5-6,9-10,14-15,18,20H,4,7-8,11-13,16H2,1-3H3,(H,24,25). The van der Waals surface area contributed by atoms with Gasteiger partial charge in [-0.05, 0) is 56.4 Å². The number of fused-ring (bicyclic) bond motifs is 1. The number of benzene rings is 1. The Morgan fingerprint density at radius 3 is 2.84 bits per heavy atom. The van der Waals surface area contributed by atoms with Crippen LogP contribution in [-0.2, 0) is 14.8 Å². The smallest absolute Gasteiger partial charge is 0.246 e. The van der Waals surface area contributed by atoms with E-state index in [0.29, 0.717) is 25.5 Å². The Bertz CT molecular complexity index is 1030. The highest BCUT2D eigenvalue weighted by Gasteiger charge is 2.34. The lowest BCUT2D eigenvalue weighted by Gasteiger charge is -2.35. The highest BCUT2D eigenvalue weighted by atomic mass is 32.2. The molecule has 1 aromatic heterocycles. The van der Waals surface area contributed by atoms with E-state index in [2.05, 4.69) is 34.4 Å². The number of ether oxygens (including phenoxy) is 1. The van der Waals surface area contributed by atoms with Gasteiger partial charge in [-0.1, -0.05) is 18.2 Å². The molecule has 31 heavy (non-hydrogen) atoms. The third-order valence-electron chi connectivity index (χ3n) is 6.14. The molecule has 4 rings (SSSR count). The molecule has 2 unspecified atom stereocenters. The van der Waals surface area contributed by atoms with E-state index >= 15 is 0 Å². The summed E-state index contributed by atoms with van der Waals surface area (Å²) in [7, 11) is -1.60. The highest BCUT2D eigenvalue weighted by Crippen LogP contribution is 2.36. The van der Waals surface area contributed by atoms with E-state index < -0.39 is 10.0 Å². The Hall–Kier alpha value is -2.16. The van der Waals surface area contributed by atoms with Crippen molar-refractivity contribution in [3.05, 3.63) is 47.7 Å². The van der Waals surface area contributed by atoms with Crippen LogP contribution < -0.4 is 10.2 Å². The van der Waals surface area contributed by atoms with Crippen LogP contribution >= 0.6 is 0 Å². The SMILES string of the molecule is CCOC1CCCN(S(=O)(=O)c2cc(C)cnc2NC2CCN(C)c3ccccc32)C1. The van der Waals surface area contributed by atoms with Gasteiger partial charge in [0.05, 0.1) is 12.1 Å². The second-order valence-electron chi connectivity index (χ2n) is 8.41. The number of pyridine rings is 1. The molecule has 1 fully saturated rings. The van der Waals surface area contributed by atoms with E-state index in [9.17, 15) is 8.42 Å². The van der Waals surface area contributed by atoms with E-state index in [1.54, 1.807) is 16.6 Å². The summed E-state index contributed by atoms with van der Waals surface area (Å²) in [5.74, 6) is 0.425. The number of rotatable bonds is 6. The van der Waals surface area contributed by atoms with Crippen LogP contribution in [0.3, 0.4) is 0 Å². The van der Waals surface area contributed by atoms with Gasteiger partial charge in [-0.2, -0.15) is 4.31 Å². The fourth-order valence-electron chi connectivity index (χ4n) is 4.53. The Morgan fingerprint density at radius 1 is 1.23 bits per heavy atom. The van der Waals surface area contributed by atoms with Crippen molar-refractivity contribution in [2.75, 3.05) is 43.5 Å². The molecule has 0 spiro atoms. The van der Waals surface area contributed by atoms with Gasteiger partial charge in [0.1, 0.15) is 10.7 Å². The first-order valence-electron chi connectivity index (χ1n) is 11.0. The predicted molar refractivity (Wildman–Crippen MR) is 123 cm³/mol. The van der Waals surface area contributed by atoms with Crippen LogP contribution in [-0.4, -0.2) is 57.1 Å². The number of sulfonamides is 1. The lowest BCUT2D eigenvalue weighted by atomic mass is 9.97. The van der Waals surface area contributed by atoms with Crippen LogP contribution in [0.1, 0.15) is 43.4 Å². The summed E-state index contributed by atoms with van der Waals surface area (Å²) in [6, 6.07) is 10.00. The second-order valence-corrected chi connectivity index (χ2v) is 10.3. The van der Waals surface area contributed by atoms with Gasteiger partial charge in [-0.3, -0.25) is 0 Å². The minimum absolute atomic E-state index is 0.00841. The number of anilines is 2. The molecule has 2 aliphatic heterocycles. The third-order valence-corrected chi connectivity index (χ3v) is 8.02. The lowest BCUT2D eigenvalue weighted by molar-refractivity contribution is 0.0265. The molecule has 1 aromatic carbocycles. The maximum absolute atomic E-state index is 13.6. The van der Waals surface area contributed by atoms with Crippen LogP contribution in [0.15, 0.2) is 41.4 Å². The summed E-state index contributed by atoms with van der Waals surface area (Å²) in [5.41, 5.74) is 3.15. The molecule has 1 N–H and O–H groups in total. The van der Waals surface area contributed by atoms with Crippen LogP contribution in [0.5, 0.6) is 0 Å². The molecule has 8 heteroatoms. The third kappa shape index (κ3) is 4.56. The van der Waals surface area contributed by atoms with E-state index in [1.807, 2.05) is 26.0 Å². The van der Waals surface area contributed by atoms with Crippen molar-refractivity contribution >= 4 is 21.5 Å². The molecule has 0 bridgehead atoms. The van der Waals surface area contributed by atoms with E-state index in [-0.39, 0.29) is 17.0 Å². The van der Waals surface area contributed by atoms with Gasteiger partial charge in [0.25, 0.3) is 0 Å². The molecule has 0 aliphatic carbocycles. The topological polar surface area (TPSA) is 74.8 Å². The van der Waals surface area contributed by atoms with Crippen molar-refractivity contribution in [1.29, 1.82) is 0 Å². The summed E-state index contributed by atoms with van der Waals surface area (Å²) < 4.78 is 34.5. The molecule has 0 radical (unpaired) electrons. The normalized spacial score (nSPS) is 22.2. The molecule has 1 saturated heterocycles. The number of nitrogens with zero attached hydrogens (tertiary/aromatic N) is 3. The Labute approximate surface area is 185 Å². The van der Waals surface area contributed by atoms with Crippen molar-refractivity contribution in [3.8, 4) is 0 Å². The number of aryl methyl sites for hydroxylation is 1. The molecule has 0 amide bonds. The molecule has 168 valence electrons. The van der Waals surface area contributed by atoms with Gasteiger partial charge in [0, 0.05) is 45.2 Å². The minimum atomic E-state index is -3.69. The van der Waals surface area contributed by atoms with Gasteiger partial charge in [-0.25, -0.2) is 13.4 Å². The van der Waals surface area contributed by atoms with Gasteiger partial charge in [0.15, 0.2) is 0 Å². The largest absolute Gasteiger partial charge is 0.377 e. The molecule has 7 nitrogen and oxygen atoms in total. The van der Waals surface area contributed by atoms with Crippen molar-refractivity contribution in [1.82, 2.24) is 9.29 Å². The van der Waals surface area contributed by atoms with Gasteiger partial charge >= 0.3 is 0 Å².